The molecule has 10 nitrogen and oxygen atoms in total. The van der Waals surface area contributed by atoms with Gasteiger partial charge in [0.1, 0.15) is 31.0 Å². The van der Waals surface area contributed by atoms with Crippen LogP contribution in [0.15, 0.2) is 24.5 Å². The Kier molecular flexibility index (Phi) is 8.30. The standard InChI is InChI=1S/C18H26O10/c1-24-11-6-10(9-26-5-3-4-19)7-12(25-2)17(11)28-18-16(23)15(22)14(21)13(8-20)27-18/h3,5-7,13-16,18-23H,4,8-9H2,1-2H3/t13-,14-,15+,16-,18+/m1/s1. The molecule has 1 aromatic carbocycles. The fraction of sp³-hybridized carbons (Fsp3) is 0.556. The predicted octanol–water partition coefficient (Wildman–Crippen LogP) is -1.09. The van der Waals surface area contributed by atoms with Crippen LogP contribution in [-0.2, 0) is 16.1 Å². The van der Waals surface area contributed by atoms with Crippen LogP contribution in [0.5, 0.6) is 17.2 Å². The first kappa shape index (κ1) is 22.2. The molecule has 28 heavy (non-hydrogen) atoms. The van der Waals surface area contributed by atoms with Gasteiger partial charge in [-0.2, -0.15) is 0 Å². The van der Waals surface area contributed by atoms with Crippen molar-refractivity contribution in [2.24, 2.45) is 0 Å². The zero-order chi connectivity index (χ0) is 20.7. The third-order valence-electron chi connectivity index (χ3n) is 4.15. The highest BCUT2D eigenvalue weighted by Crippen LogP contribution is 2.40. The van der Waals surface area contributed by atoms with E-state index in [0.717, 1.165) is 0 Å². The van der Waals surface area contributed by atoms with Gasteiger partial charge in [-0.3, -0.25) is 0 Å². The zero-order valence-electron chi connectivity index (χ0n) is 15.6. The molecule has 10 heteroatoms. The first-order chi connectivity index (χ1) is 13.5. The van der Waals surface area contributed by atoms with Gasteiger partial charge in [0.05, 0.1) is 33.7 Å². The van der Waals surface area contributed by atoms with Gasteiger partial charge in [0.15, 0.2) is 11.5 Å². The van der Waals surface area contributed by atoms with Crippen molar-refractivity contribution in [3.8, 4) is 17.2 Å². The first-order valence-corrected chi connectivity index (χ1v) is 8.56. The van der Waals surface area contributed by atoms with E-state index in [-0.39, 0.29) is 30.5 Å². The van der Waals surface area contributed by atoms with E-state index < -0.39 is 37.3 Å². The summed E-state index contributed by atoms with van der Waals surface area (Å²) in [5.74, 6) is 0.603. The molecule has 1 aliphatic rings. The molecule has 5 N–H and O–H groups in total. The van der Waals surface area contributed by atoms with E-state index in [9.17, 15) is 20.4 Å². The average Bonchev–Trinajstić information content (AvgIpc) is 2.71. The molecule has 1 fully saturated rings. The van der Waals surface area contributed by atoms with Crippen LogP contribution in [0.1, 0.15) is 5.56 Å². The fourth-order valence-corrected chi connectivity index (χ4v) is 2.67. The molecule has 1 aliphatic heterocycles. The Labute approximate surface area is 162 Å². The van der Waals surface area contributed by atoms with Gasteiger partial charge in [-0.1, -0.05) is 0 Å². The average molecular weight is 402 g/mol. The van der Waals surface area contributed by atoms with Crippen LogP contribution >= 0.6 is 0 Å². The minimum Gasteiger partial charge on any atom is -0.497 e. The largest absolute Gasteiger partial charge is 0.497 e. The Morgan fingerprint density at radius 3 is 2.18 bits per heavy atom. The van der Waals surface area contributed by atoms with E-state index in [0.29, 0.717) is 5.56 Å². The first-order valence-electron chi connectivity index (χ1n) is 8.56. The molecule has 0 unspecified atom stereocenters. The monoisotopic (exact) mass is 402 g/mol. The van der Waals surface area contributed by atoms with E-state index in [1.807, 2.05) is 0 Å². The molecule has 0 bridgehead atoms. The summed E-state index contributed by atoms with van der Waals surface area (Å²) < 4.78 is 26.9. The van der Waals surface area contributed by atoms with Gasteiger partial charge in [0, 0.05) is 0 Å². The Bertz CT molecular complexity index is 622. The lowest BCUT2D eigenvalue weighted by molar-refractivity contribution is -0.277. The number of ether oxygens (including phenoxy) is 5. The summed E-state index contributed by atoms with van der Waals surface area (Å²) >= 11 is 0. The maximum Gasteiger partial charge on any atom is 0.229 e. The number of hydrogen-bond acceptors (Lipinski definition) is 10. The van der Waals surface area contributed by atoms with Crippen LogP contribution in [0.3, 0.4) is 0 Å². The molecule has 1 saturated heterocycles. The van der Waals surface area contributed by atoms with Crippen molar-refractivity contribution in [3.63, 3.8) is 0 Å². The second-order valence-electron chi connectivity index (χ2n) is 6.01. The molecule has 5 atom stereocenters. The molecular formula is C18H26O10. The quantitative estimate of drug-likeness (QED) is 0.323. The predicted molar refractivity (Wildman–Crippen MR) is 95.0 cm³/mol. The van der Waals surface area contributed by atoms with E-state index in [1.165, 1.54) is 26.6 Å². The van der Waals surface area contributed by atoms with Gasteiger partial charge in [-0.05, 0) is 23.8 Å². The topological polar surface area (TPSA) is 147 Å². The van der Waals surface area contributed by atoms with E-state index in [1.54, 1.807) is 12.1 Å². The molecule has 0 spiro atoms. The summed E-state index contributed by atoms with van der Waals surface area (Å²) in [6, 6.07) is 3.24. The normalized spacial score (nSPS) is 27.6. The van der Waals surface area contributed by atoms with Crippen LogP contribution < -0.4 is 14.2 Å². The Hall–Kier alpha value is -2.08. The molecule has 158 valence electrons. The summed E-state index contributed by atoms with van der Waals surface area (Å²) in [5.41, 5.74) is 0.678. The van der Waals surface area contributed by atoms with Crippen LogP contribution in [-0.4, -0.2) is 83.7 Å². The van der Waals surface area contributed by atoms with Crippen molar-refractivity contribution < 1.29 is 49.2 Å². The third kappa shape index (κ3) is 5.04. The maximum absolute atomic E-state index is 10.2. The number of rotatable bonds is 9. The van der Waals surface area contributed by atoms with Crippen LogP contribution in [0.2, 0.25) is 0 Å². The van der Waals surface area contributed by atoms with Crippen molar-refractivity contribution in [1.29, 1.82) is 0 Å². The molecular weight excluding hydrogens is 376 g/mol. The van der Waals surface area contributed by atoms with E-state index in [4.69, 9.17) is 28.8 Å². The summed E-state index contributed by atoms with van der Waals surface area (Å²) in [6.07, 6.45) is -4.32. The van der Waals surface area contributed by atoms with Gasteiger partial charge in [0.25, 0.3) is 0 Å². The van der Waals surface area contributed by atoms with Crippen molar-refractivity contribution in [3.05, 3.63) is 30.0 Å². The highest BCUT2D eigenvalue weighted by Gasteiger charge is 2.45. The van der Waals surface area contributed by atoms with Crippen LogP contribution in [0.25, 0.3) is 0 Å². The van der Waals surface area contributed by atoms with Gasteiger partial charge in [0.2, 0.25) is 12.0 Å². The van der Waals surface area contributed by atoms with Crippen LogP contribution in [0, 0.1) is 0 Å². The van der Waals surface area contributed by atoms with Crippen molar-refractivity contribution in [1.82, 2.24) is 0 Å². The second-order valence-corrected chi connectivity index (χ2v) is 6.01. The van der Waals surface area contributed by atoms with Crippen molar-refractivity contribution in [2.45, 2.75) is 37.3 Å². The lowest BCUT2D eigenvalue weighted by atomic mass is 9.99. The van der Waals surface area contributed by atoms with Crippen molar-refractivity contribution >= 4 is 0 Å². The molecule has 0 saturated carbocycles. The summed E-state index contributed by atoms with van der Waals surface area (Å²) in [5, 5.41) is 47.9. The number of methoxy groups -OCH3 is 2. The molecule has 0 radical (unpaired) electrons. The molecule has 0 amide bonds. The SMILES string of the molecule is COc1cc(COC=CCO)cc(OC)c1O[C@@H]1O[C@H](CO)[C@@H](O)[C@H](O)[C@H]1O. The van der Waals surface area contributed by atoms with Crippen LogP contribution in [0.4, 0.5) is 0 Å². The number of aliphatic hydroxyl groups is 5. The maximum atomic E-state index is 10.2. The summed E-state index contributed by atoms with van der Waals surface area (Å²) in [6.45, 7) is -0.543. The lowest BCUT2D eigenvalue weighted by Gasteiger charge is -2.39. The Morgan fingerprint density at radius 1 is 1.00 bits per heavy atom. The Morgan fingerprint density at radius 2 is 1.64 bits per heavy atom. The summed E-state index contributed by atoms with van der Waals surface area (Å²) in [7, 11) is 2.82. The van der Waals surface area contributed by atoms with E-state index >= 15 is 0 Å². The minimum atomic E-state index is -1.57. The van der Waals surface area contributed by atoms with Gasteiger partial charge >= 0.3 is 0 Å². The smallest absolute Gasteiger partial charge is 0.229 e. The lowest BCUT2D eigenvalue weighted by Crippen LogP contribution is -2.60. The van der Waals surface area contributed by atoms with Gasteiger partial charge in [-0.15, -0.1) is 0 Å². The molecule has 2 rings (SSSR count). The highest BCUT2D eigenvalue weighted by molar-refractivity contribution is 5.54. The number of aliphatic hydroxyl groups excluding tert-OH is 5. The molecule has 1 aromatic rings. The molecule has 0 aliphatic carbocycles. The van der Waals surface area contributed by atoms with E-state index in [2.05, 4.69) is 0 Å². The third-order valence-corrected chi connectivity index (χ3v) is 4.15. The highest BCUT2D eigenvalue weighted by atomic mass is 16.7. The zero-order valence-corrected chi connectivity index (χ0v) is 15.6. The number of hydrogen-bond donors (Lipinski definition) is 5. The Balaban J connectivity index is 2.25. The minimum absolute atomic E-state index is 0.101. The van der Waals surface area contributed by atoms with Gasteiger partial charge in [-0.25, -0.2) is 0 Å². The van der Waals surface area contributed by atoms with Gasteiger partial charge < -0.3 is 49.2 Å². The fourth-order valence-electron chi connectivity index (χ4n) is 2.67. The molecule has 1 heterocycles. The second kappa shape index (κ2) is 10.5. The molecule has 0 aromatic heterocycles. The summed E-state index contributed by atoms with van der Waals surface area (Å²) in [4.78, 5) is 0. The van der Waals surface area contributed by atoms with Crippen molar-refractivity contribution in [2.75, 3.05) is 27.4 Å². The number of benzene rings is 1.